The van der Waals surface area contributed by atoms with Crippen molar-refractivity contribution in [3.8, 4) is 11.3 Å². The average molecular weight is 285 g/mol. The standard InChI is InChI=1S/C16H19N3O2/c20-16(21)19(13-9-5-2-6-10-13)15-17-11-14(18-15)12-7-3-1-4-8-12/h1,3-4,7-8,11,13H,2,5-6,9-10H2,(H,17,18)(H,20,21). The fourth-order valence-electron chi connectivity index (χ4n) is 2.95. The van der Waals surface area contributed by atoms with E-state index in [1.807, 2.05) is 30.3 Å². The third-order valence-electron chi connectivity index (χ3n) is 4.01. The zero-order chi connectivity index (χ0) is 14.7. The summed E-state index contributed by atoms with van der Waals surface area (Å²) in [5.41, 5.74) is 1.75. The van der Waals surface area contributed by atoms with Gasteiger partial charge in [0.05, 0.1) is 5.69 Å². The van der Waals surface area contributed by atoms with Crippen LogP contribution in [0, 0.1) is 0 Å². The van der Waals surface area contributed by atoms with Crippen molar-refractivity contribution in [3.05, 3.63) is 36.5 Å². The third-order valence-corrected chi connectivity index (χ3v) is 4.01. The van der Waals surface area contributed by atoms with Crippen molar-refractivity contribution < 1.29 is 9.90 Å². The monoisotopic (exact) mass is 285 g/mol. The number of imidazole rings is 1. The molecule has 1 heterocycles. The normalized spacial score (nSPS) is 15.8. The molecular formula is C16H19N3O2. The van der Waals surface area contributed by atoms with Gasteiger partial charge in [-0.25, -0.2) is 14.7 Å². The summed E-state index contributed by atoms with van der Waals surface area (Å²) in [7, 11) is 0. The molecular weight excluding hydrogens is 266 g/mol. The molecule has 1 fully saturated rings. The van der Waals surface area contributed by atoms with Crippen LogP contribution >= 0.6 is 0 Å². The van der Waals surface area contributed by atoms with Gasteiger partial charge in [0.1, 0.15) is 0 Å². The van der Waals surface area contributed by atoms with E-state index in [0.29, 0.717) is 5.95 Å². The van der Waals surface area contributed by atoms with Crippen LogP contribution in [0.25, 0.3) is 11.3 Å². The zero-order valence-electron chi connectivity index (χ0n) is 11.8. The largest absolute Gasteiger partial charge is 0.465 e. The second-order valence-corrected chi connectivity index (χ2v) is 5.42. The molecule has 3 rings (SSSR count). The maximum atomic E-state index is 11.6. The first kappa shape index (κ1) is 13.7. The molecule has 1 amide bonds. The SMILES string of the molecule is O=C(O)N(c1nc(-c2ccccc2)c[nH]1)C1CCCCC1. The van der Waals surface area contributed by atoms with E-state index >= 15 is 0 Å². The molecule has 1 aliphatic rings. The molecule has 5 nitrogen and oxygen atoms in total. The first-order valence-electron chi connectivity index (χ1n) is 7.38. The molecule has 0 radical (unpaired) electrons. The Hall–Kier alpha value is -2.30. The van der Waals surface area contributed by atoms with Crippen molar-refractivity contribution in [1.82, 2.24) is 9.97 Å². The van der Waals surface area contributed by atoms with Crippen molar-refractivity contribution in [3.63, 3.8) is 0 Å². The Morgan fingerprint density at radius 2 is 1.90 bits per heavy atom. The molecule has 5 heteroatoms. The molecule has 0 bridgehead atoms. The van der Waals surface area contributed by atoms with Crippen LogP contribution in [0.15, 0.2) is 36.5 Å². The molecule has 1 aromatic heterocycles. The number of aromatic nitrogens is 2. The number of aromatic amines is 1. The minimum absolute atomic E-state index is 0.0334. The summed E-state index contributed by atoms with van der Waals surface area (Å²) < 4.78 is 0. The summed E-state index contributed by atoms with van der Waals surface area (Å²) in [4.78, 5) is 20.5. The second kappa shape index (κ2) is 5.99. The lowest BCUT2D eigenvalue weighted by Crippen LogP contribution is -2.41. The predicted molar refractivity (Wildman–Crippen MR) is 81.4 cm³/mol. The summed E-state index contributed by atoms with van der Waals surface area (Å²) in [6, 6.07) is 9.80. The number of hydrogen-bond donors (Lipinski definition) is 2. The van der Waals surface area contributed by atoms with Gasteiger partial charge in [0.25, 0.3) is 0 Å². The van der Waals surface area contributed by atoms with Crippen LogP contribution in [0.3, 0.4) is 0 Å². The van der Waals surface area contributed by atoms with Crippen LogP contribution in [-0.4, -0.2) is 27.2 Å². The molecule has 110 valence electrons. The van der Waals surface area contributed by atoms with Crippen molar-refractivity contribution >= 4 is 12.0 Å². The number of benzene rings is 1. The van der Waals surface area contributed by atoms with E-state index in [1.54, 1.807) is 6.20 Å². The van der Waals surface area contributed by atoms with E-state index < -0.39 is 6.09 Å². The number of carboxylic acid groups (broad SMARTS) is 1. The zero-order valence-corrected chi connectivity index (χ0v) is 11.8. The molecule has 1 saturated carbocycles. The van der Waals surface area contributed by atoms with Crippen molar-refractivity contribution in [2.45, 2.75) is 38.1 Å². The molecule has 0 unspecified atom stereocenters. The molecule has 1 aliphatic carbocycles. The van der Waals surface area contributed by atoms with Crippen LogP contribution in [-0.2, 0) is 0 Å². The van der Waals surface area contributed by atoms with Crippen LogP contribution in [0.4, 0.5) is 10.7 Å². The third kappa shape index (κ3) is 2.91. The van der Waals surface area contributed by atoms with Gasteiger partial charge in [0.15, 0.2) is 0 Å². The topological polar surface area (TPSA) is 69.2 Å². The molecule has 2 aromatic rings. The van der Waals surface area contributed by atoms with Crippen molar-refractivity contribution in [2.75, 3.05) is 4.90 Å². The lowest BCUT2D eigenvalue weighted by Gasteiger charge is -2.30. The highest BCUT2D eigenvalue weighted by Crippen LogP contribution is 2.27. The fraction of sp³-hybridized carbons (Fsp3) is 0.375. The lowest BCUT2D eigenvalue weighted by atomic mass is 9.94. The molecule has 21 heavy (non-hydrogen) atoms. The Morgan fingerprint density at radius 3 is 2.57 bits per heavy atom. The van der Waals surface area contributed by atoms with Crippen LogP contribution < -0.4 is 4.90 Å². The molecule has 0 saturated heterocycles. The smallest absolute Gasteiger partial charge is 0.414 e. The van der Waals surface area contributed by atoms with E-state index in [0.717, 1.165) is 36.9 Å². The van der Waals surface area contributed by atoms with E-state index in [9.17, 15) is 9.90 Å². The van der Waals surface area contributed by atoms with Crippen LogP contribution in [0.2, 0.25) is 0 Å². The van der Waals surface area contributed by atoms with Gasteiger partial charge in [-0.2, -0.15) is 0 Å². The van der Waals surface area contributed by atoms with Gasteiger partial charge in [0, 0.05) is 17.8 Å². The Kier molecular flexibility index (Phi) is 3.90. The number of amides is 1. The number of anilines is 1. The van der Waals surface area contributed by atoms with Crippen LogP contribution in [0.5, 0.6) is 0 Å². The maximum Gasteiger partial charge on any atom is 0.414 e. The summed E-state index contributed by atoms with van der Waals surface area (Å²) in [6.45, 7) is 0. The number of nitrogens with zero attached hydrogens (tertiary/aromatic N) is 2. The minimum Gasteiger partial charge on any atom is -0.465 e. The molecule has 0 aliphatic heterocycles. The Bertz CT molecular complexity index is 603. The van der Waals surface area contributed by atoms with Gasteiger partial charge in [-0.05, 0) is 12.8 Å². The first-order valence-corrected chi connectivity index (χ1v) is 7.38. The Morgan fingerprint density at radius 1 is 1.19 bits per heavy atom. The molecule has 0 spiro atoms. The van der Waals surface area contributed by atoms with Crippen molar-refractivity contribution in [2.24, 2.45) is 0 Å². The number of carbonyl (C=O) groups is 1. The number of hydrogen-bond acceptors (Lipinski definition) is 2. The van der Waals surface area contributed by atoms with E-state index in [-0.39, 0.29) is 6.04 Å². The van der Waals surface area contributed by atoms with Crippen LogP contribution in [0.1, 0.15) is 32.1 Å². The first-order chi connectivity index (χ1) is 10.3. The number of H-pyrrole nitrogens is 1. The molecule has 2 N–H and O–H groups in total. The minimum atomic E-state index is -0.934. The number of nitrogens with one attached hydrogen (secondary N) is 1. The summed E-state index contributed by atoms with van der Waals surface area (Å²) in [6.07, 6.45) is 6.01. The Labute approximate surface area is 123 Å². The quantitative estimate of drug-likeness (QED) is 0.898. The highest BCUT2D eigenvalue weighted by atomic mass is 16.4. The summed E-state index contributed by atoms with van der Waals surface area (Å²) in [5.74, 6) is 0.424. The fourth-order valence-corrected chi connectivity index (χ4v) is 2.95. The summed E-state index contributed by atoms with van der Waals surface area (Å²) >= 11 is 0. The van der Waals surface area contributed by atoms with Gasteiger partial charge in [0.2, 0.25) is 5.95 Å². The van der Waals surface area contributed by atoms with E-state index in [2.05, 4.69) is 9.97 Å². The highest BCUT2D eigenvalue weighted by Gasteiger charge is 2.28. The average Bonchev–Trinajstić information content (AvgIpc) is 2.98. The van der Waals surface area contributed by atoms with Crippen molar-refractivity contribution in [1.29, 1.82) is 0 Å². The van der Waals surface area contributed by atoms with Gasteiger partial charge < -0.3 is 10.1 Å². The van der Waals surface area contributed by atoms with Gasteiger partial charge >= 0.3 is 6.09 Å². The highest BCUT2D eigenvalue weighted by molar-refractivity contribution is 5.84. The molecule has 0 atom stereocenters. The maximum absolute atomic E-state index is 11.6. The summed E-state index contributed by atoms with van der Waals surface area (Å²) in [5, 5.41) is 9.52. The van der Waals surface area contributed by atoms with E-state index in [4.69, 9.17) is 0 Å². The van der Waals surface area contributed by atoms with Gasteiger partial charge in [-0.15, -0.1) is 0 Å². The second-order valence-electron chi connectivity index (χ2n) is 5.42. The number of rotatable bonds is 3. The van der Waals surface area contributed by atoms with Gasteiger partial charge in [-0.3, -0.25) is 0 Å². The van der Waals surface area contributed by atoms with Gasteiger partial charge in [-0.1, -0.05) is 49.6 Å². The predicted octanol–water partition coefficient (Wildman–Crippen LogP) is 3.89. The lowest BCUT2D eigenvalue weighted by molar-refractivity contribution is 0.196. The van der Waals surface area contributed by atoms with E-state index in [1.165, 1.54) is 11.3 Å². The Balaban J connectivity index is 1.87. The molecule has 1 aromatic carbocycles.